The SMILES string of the molecule is COc1cccc(OCc2nnc(SCC(=O)Nc3ccccc3F)o2)c1. The first kappa shape index (κ1) is 18.7. The van der Waals surface area contributed by atoms with Crippen LogP contribution in [0.3, 0.4) is 0 Å². The molecule has 1 N–H and O–H groups in total. The van der Waals surface area contributed by atoms with Crippen LogP contribution in [0, 0.1) is 5.82 Å². The van der Waals surface area contributed by atoms with Gasteiger partial charge in [0, 0.05) is 6.07 Å². The summed E-state index contributed by atoms with van der Waals surface area (Å²) in [5, 5.41) is 10.4. The largest absolute Gasteiger partial charge is 0.497 e. The third kappa shape index (κ3) is 5.45. The Balaban J connectivity index is 1.47. The molecule has 0 saturated carbocycles. The summed E-state index contributed by atoms with van der Waals surface area (Å²) in [7, 11) is 1.57. The van der Waals surface area contributed by atoms with E-state index in [2.05, 4.69) is 15.5 Å². The molecule has 0 spiro atoms. The lowest BCUT2D eigenvalue weighted by molar-refractivity contribution is -0.113. The number of para-hydroxylation sites is 1. The fraction of sp³-hybridized carbons (Fsp3) is 0.167. The maximum atomic E-state index is 13.5. The third-order valence-electron chi connectivity index (χ3n) is 3.33. The molecule has 9 heteroatoms. The number of carbonyl (C=O) groups excluding carboxylic acids is 1. The number of benzene rings is 2. The number of hydrogen-bond donors (Lipinski definition) is 1. The van der Waals surface area contributed by atoms with Crippen molar-refractivity contribution in [1.29, 1.82) is 0 Å². The molecule has 0 aliphatic heterocycles. The van der Waals surface area contributed by atoms with Gasteiger partial charge in [-0.15, -0.1) is 10.2 Å². The van der Waals surface area contributed by atoms with E-state index in [-0.39, 0.29) is 35.1 Å². The number of methoxy groups -OCH3 is 1. The Labute approximate surface area is 158 Å². The Bertz CT molecular complexity index is 919. The number of hydrogen-bond acceptors (Lipinski definition) is 7. The van der Waals surface area contributed by atoms with Gasteiger partial charge in [0.15, 0.2) is 6.61 Å². The van der Waals surface area contributed by atoms with Gasteiger partial charge in [0.2, 0.25) is 5.91 Å². The molecule has 0 radical (unpaired) electrons. The standard InChI is InChI=1S/C18H16FN3O4S/c1-24-12-5-4-6-13(9-12)25-10-17-21-22-18(26-17)27-11-16(23)20-15-8-3-2-7-14(15)19/h2-9H,10-11H2,1H3,(H,20,23). The molecule has 1 amide bonds. The van der Waals surface area contributed by atoms with Crippen molar-refractivity contribution in [3.05, 3.63) is 60.2 Å². The van der Waals surface area contributed by atoms with E-state index in [1.165, 1.54) is 12.1 Å². The Morgan fingerprint density at radius 1 is 1.19 bits per heavy atom. The summed E-state index contributed by atoms with van der Waals surface area (Å²) in [5.74, 6) is 0.686. The molecule has 0 unspecified atom stereocenters. The molecular weight excluding hydrogens is 373 g/mol. The number of carbonyl (C=O) groups is 1. The highest BCUT2D eigenvalue weighted by Crippen LogP contribution is 2.21. The average molecular weight is 389 g/mol. The summed E-state index contributed by atoms with van der Waals surface area (Å²) >= 11 is 1.05. The van der Waals surface area contributed by atoms with Gasteiger partial charge in [0.1, 0.15) is 17.3 Å². The van der Waals surface area contributed by atoms with Gasteiger partial charge in [-0.1, -0.05) is 30.0 Å². The molecule has 140 valence electrons. The molecule has 0 bridgehead atoms. The van der Waals surface area contributed by atoms with Crippen molar-refractivity contribution in [2.24, 2.45) is 0 Å². The zero-order chi connectivity index (χ0) is 19.1. The monoisotopic (exact) mass is 389 g/mol. The third-order valence-corrected chi connectivity index (χ3v) is 4.14. The van der Waals surface area contributed by atoms with Gasteiger partial charge in [-0.05, 0) is 24.3 Å². The van der Waals surface area contributed by atoms with Crippen LogP contribution in [0.5, 0.6) is 11.5 Å². The predicted octanol–water partition coefficient (Wildman–Crippen LogP) is 3.53. The number of anilines is 1. The molecular formula is C18H16FN3O4S. The summed E-state index contributed by atoms with van der Waals surface area (Å²) in [5.41, 5.74) is 0.126. The van der Waals surface area contributed by atoms with Gasteiger partial charge in [-0.3, -0.25) is 4.79 Å². The highest BCUT2D eigenvalue weighted by molar-refractivity contribution is 7.99. The molecule has 0 aliphatic rings. The molecule has 3 aromatic rings. The van der Waals surface area contributed by atoms with Gasteiger partial charge < -0.3 is 19.2 Å². The summed E-state index contributed by atoms with van der Waals surface area (Å²) in [6, 6.07) is 13.1. The van der Waals surface area contributed by atoms with Crippen LogP contribution in [0.1, 0.15) is 5.89 Å². The number of ether oxygens (including phenoxy) is 2. The van der Waals surface area contributed by atoms with E-state index < -0.39 is 5.82 Å². The van der Waals surface area contributed by atoms with E-state index in [4.69, 9.17) is 13.9 Å². The van der Waals surface area contributed by atoms with E-state index in [1.807, 2.05) is 0 Å². The molecule has 1 heterocycles. The van der Waals surface area contributed by atoms with Crippen LogP contribution in [0.4, 0.5) is 10.1 Å². The van der Waals surface area contributed by atoms with E-state index in [0.29, 0.717) is 11.5 Å². The van der Waals surface area contributed by atoms with Crippen molar-refractivity contribution >= 4 is 23.4 Å². The van der Waals surface area contributed by atoms with Gasteiger partial charge in [-0.25, -0.2) is 4.39 Å². The second-order valence-electron chi connectivity index (χ2n) is 5.25. The maximum absolute atomic E-state index is 13.5. The lowest BCUT2D eigenvalue weighted by atomic mass is 10.3. The number of nitrogens with zero attached hydrogens (tertiary/aromatic N) is 2. The second kappa shape index (κ2) is 9.04. The quantitative estimate of drug-likeness (QED) is 0.590. The lowest BCUT2D eigenvalue weighted by Gasteiger charge is -2.05. The van der Waals surface area contributed by atoms with E-state index in [0.717, 1.165) is 11.8 Å². The minimum absolute atomic E-state index is 0.00666. The predicted molar refractivity (Wildman–Crippen MR) is 97.4 cm³/mol. The summed E-state index contributed by atoms with van der Waals surface area (Å²) < 4.78 is 29.6. The smallest absolute Gasteiger partial charge is 0.277 e. The minimum Gasteiger partial charge on any atom is -0.497 e. The van der Waals surface area contributed by atoms with Gasteiger partial charge in [0.05, 0.1) is 18.6 Å². The molecule has 3 rings (SSSR count). The van der Waals surface area contributed by atoms with Crippen LogP contribution in [0.25, 0.3) is 0 Å². The Kier molecular flexibility index (Phi) is 6.26. The van der Waals surface area contributed by atoms with Crippen molar-refractivity contribution in [3.63, 3.8) is 0 Å². The first-order valence-corrected chi connectivity index (χ1v) is 8.89. The van der Waals surface area contributed by atoms with Crippen molar-refractivity contribution in [2.45, 2.75) is 11.8 Å². The minimum atomic E-state index is -0.495. The van der Waals surface area contributed by atoms with Gasteiger partial charge in [-0.2, -0.15) is 0 Å². The van der Waals surface area contributed by atoms with Crippen molar-refractivity contribution in [3.8, 4) is 11.5 Å². The highest BCUT2D eigenvalue weighted by Gasteiger charge is 2.12. The van der Waals surface area contributed by atoms with Crippen molar-refractivity contribution in [1.82, 2.24) is 10.2 Å². The van der Waals surface area contributed by atoms with Crippen LogP contribution >= 0.6 is 11.8 Å². The summed E-state index contributed by atoms with van der Waals surface area (Å²) in [6.45, 7) is 0.0855. The molecule has 0 fully saturated rings. The molecule has 1 aromatic heterocycles. The zero-order valence-electron chi connectivity index (χ0n) is 14.3. The molecule has 0 saturated heterocycles. The molecule has 2 aromatic carbocycles. The zero-order valence-corrected chi connectivity index (χ0v) is 15.2. The number of thioether (sulfide) groups is 1. The van der Waals surface area contributed by atoms with Crippen LogP contribution in [0.15, 0.2) is 58.2 Å². The van der Waals surface area contributed by atoms with E-state index in [9.17, 15) is 9.18 Å². The maximum Gasteiger partial charge on any atom is 0.277 e. The van der Waals surface area contributed by atoms with Crippen LogP contribution in [0.2, 0.25) is 0 Å². The summed E-state index contributed by atoms with van der Waals surface area (Å²) in [4.78, 5) is 11.9. The molecule has 7 nitrogen and oxygen atoms in total. The lowest BCUT2D eigenvalue weighted by Crippen LogP contribution is -2.14. The Hall–Kier alpha value is -3.07. The van der Waals surface area contributed by atoms with Crippen LogP contribution < -0.4 is 14.8 Å². The Morgan fingerprint density at radius 2 is 2.00 bits per heavy atom. The van der Waals surface area contributed by atoms with E-state index >= 15 is 0 Å². The normalized spacial score (nSPS) is 10.4. The number of aromatic nitrogens is 2. The summed E-state index contributed by atoms with van der Waals surface area (Å²) in [6.07, 6.45) is 0. The van der Waals surface area contributed by atoms with Gasteiger partial charge >= 0.3 is 0 Å². The van der Waals surface area contributed by atoms with Gasteiger partial charge in [0.25, 0.3) is 11.1 Å². The number of nitrogens with one attached hydrogen (secondary N) is 1. The van der Waals surface area contributed by atoms with Crippen LogP contribution in [-0.2, 0) is 11.4 Å². The average Bonchev–Trinajstić information content (AvgIpc) is 3.15. The Morgan fingerprint density at radius 3 is 2.81 bits per heavy atom. The fourth-order valence-electron chi connectivity index (χ4n) is 2.07. The molecule has 27 heavy (non-hydrogen) atoms. The van der Waals surface area contributed by atoms with Crippen molar-refractivity contribution in [2.75, 3.05) is 18.2 Å². The second-order valence-corrected chi connectivity index (χ2v) is 6.17. The first-order valence-electron chi connectivity index (χ1n) is 7.90. The van der Waals surface area contributed by atoms with Crippen LogP contribution in [-0.4, -0.2) is 29.0 Å². The number of halogens is 1. The topological polar surface area (TPSA) is 86.5 Å². The van der Waals surface area contributed by atoms with E-state index in [1.54, 1.807) is 43.5 Å². The number of rotatable bonds is 8. The first-order chi connectivity index (χ1) is 13.1. The highest BCUT2D eigenvalue weighted by atomic mass is 32.2. The van der Waals surface area contributed by atoms with Crippen molar-refractivity contribution < 1.29 is 23.1 Å². The fourth-order valence-corrected chi connectivity index (χ4v) is 2.65. The number of amides is 1. The molecule has 0 atom stereocenters. The molecule has 0 aliphatic carbocycles.